The topological polar surface area (TPSA) is 21.3 Å². The van der Waals surface area contributed by atoms with Crippen LogP contribution in [0.5, 0.6) is 0 Å². The van der Waals surface area contributed by atoms with Crippen LogP contribution in [-0.2, 0) is 4.74 Å². The summed E-state index contributed by atoms with van der Waals surface area (Å²) >= 11 is 0. The van der Waals surface area contributed by atoms with Crippen LogP contribution in [0.3, 0.4) is 0 Å². The summed E-state index contributed by atoms with van der Waals surface area (Å²) in [5, 5.41) is 3.43. The maximum Gasteiger partial charge on any atom is 0.0580 e. The van der Waals surface area contributed by atoms with Gasteiger partial charge in [0, 0.05) is 6.61 Å². The predicted octanol–water partition coefficient (Wildman–Crippen LogP) is 3.22. The third-order valence-electron chi connectivity index (χ3n) is 4.47. The summed E-state index contributed by atoms with van der Waals surface area (Å²) in [4.78, 5) is 0. The smallest absolute Gasteiger partial charge is 0.0580 e. The summed E-state index contributed by atoms with van der Waals surface area (Å²) in [6, 6.07) is 0. The SMILES string of the molecule is CC1CC(C)CC(OCCC2CCNCC2)C1. The highest BCUT2D eigenvalue weighted by Gasteiger charge is 2.24. The van der Waals surface area contributed by atoms with E-state index in [1.165, 1.54) is 51.6 Å². The molecule has 0 bridgehead atoms. The average Bonchev–Trinajstić information content (AvgIpc) is 2.29. The second kappa shape index (κ2) is 6.75. The predicted molar refractivity (Wildman–Crippen MR) is 72.1 cm³/mol. The van der Waals surface area contributed by atoms with Gasteiger partial charge in [-0.05, 0) is 69.4 Å². The fourth-order valence-electron chi connectivity index (χ4n) is 3.58. The van der Waals surface area contributed by atoms with Crippen molar-refractivity contribution in [1.82, 2.24) is 5.32 Å². The molecule has 100 valence electrons. The molecule has 0 aromatic carbocycles. The van der Waals surface area contributed by atoms with E-state index in [9.17, 15) is 0 Å². The van der Waals surface area contributed by atoms with Gasteiger partial charge in [-0.25, -0.2) is 0 Å². The quantitative estimate of drug-likeness (QED) is 0.813. The zero-order valence-corrected chi connectivity index (χ0v) is 11.6. The van der Waals surface area contributed by atoms with Gasteiger partial charge < -0.3 is 10.1 Å². The molecular weight excluding hydrogens is 210 g/mol. The number of ether oxygens (including phenoxy) is 1. The zero-order chi connectivity index (χ0) is 12.1. The van der Waals surface area contributed by atoms with Crippen molar-refractivity contribution in [1.29, 1.82) is 0 Å². The fourth-order valence-corrected chi connectivity index (χ4v) is 3.58. The third kappa shape index (κ3) is 4.59. The number of nitrogens with one attached hydrogen (secondary N) is 1. The van der Waals surface area contributed by atoms with Gasteiger partial charge in [0.05, 0.1) is 6.10 Å². The molecule has 0 spiro atoms. The van der Waals surface area contributed by atoms with E-state index in [1.54, 1.807) is 0 Å². The van der Waals surface area contributed by atoms with Gasteiger partial charge in [0.15, 0.2) is 0 Å². The molecule has 17 heavy (non-hydrogen) atoms. The van der Waals surface area contributed by atoms with E-state index in [0.29, 0.717) is 6.10 Å². The van der Waals surface area contributed by atoms with E-state index in [1.807, 2.05) is 0 Å². The largest absolute Gasteiger partial charge is 0.378 e. The Morgan fingerprint density at radius 3 is 2.29 bits per heavy atom. The van der Waals surface area contributed by atoms with Crippen molar-refractivity contribution >= 4 is 0 Å². The van der Waals surface area contributed by atoms with Crippen LogP contribution in [0.4, 0.5) is 0 Å². The van der Waals surface area contributed by atoms with E-state index in [-0.39, 0.29) is 0 Å². The molecule has 1 saturated carbocycles. The van der Waals surface area contributed by atoms with Gasteiger partial charge in [-0.3, -0.25) is 0 Å². The van der Waals surface area contributed by atoms with Gasteiger partial charge in [0.1, 0.15) is 0 Å². The van der Waals surface area contributed by atoms with Crippen molar-refractivity contribution in [3.8, 4) is 0 Å². The van der Waals surface area contributed by atoms with E-state index >= 15 is 0 Å². The van der Waals surface area contributed by atoms with Gasteiger partial charge in [-0.1, -0.05) is 13.8 Å². The minimum Gasteiger partial charge on any atom is -0.378 e. The van der Waals surface area contributed by atoms with Crippen molar-refractivity contribution in [3.63, 3.8) is 0 Å². The number of hydrogen-bond donors (Lipinski definition) is 1. The van der Waals surface area contributed by atoms with Gasteiger partial charge in [0.2, 0.25) is 0 Å². The number of hydrogen-bond acceptors (Lipinski definition) is 2. The van der Waals surface area contributed by atoms with E-state index in [0.717, 1.165) is 24.4 Å². The first-order valence-corrected chi connectivity index (χ1v) is 7.56. The Hall–Kier alpha value is -0.0800. The Morgan fingerprint density at radius 2 is 1.65 bits per heavy atom. The molecule has 2 nitrogen and oxygen atoms in total. The Labute approximate surface area is 107 Å². The lowest BCUT2D eigenvalue weighted by atomic mass is 9.82. The van der Waals surface area contributed by atoms with Crippen LogP contribution < -0.4 is 5.32 Å². The maximum atomic E-state index is 6.11. The highest BCUT2D eigenvalue weighted by Crippen LogP contribution is 2.30. The second-order valence-electron chi connectivity index (χ2n) is 6.39. The van der Waals surface area contributed by atoms with Gasteiger partial charge in [-0.2, -0.15) is 0 Å². The third-order valence-corrected chi connectivity index (χ3v) is 4.47. The van der Waals surface area contributed by atoms with Crippen LogP contribution in [0.2, 0.25) is 0 Å². The number of piperidine rings is 1. The molecule has 1 aliphatic carbocycles. The molecule has 2 heteroatoms. The van der Waals surface area contributed by atoms with Crippen molar-refractivity contribution in [2.45, 2.75) is 58.5 Å². The van der Waals surface area contributed by atoms with E-state index < -0.39 is 0 Å². The lowest BCUT2D eigenvalue weighted by Gasteiger charge is -2.32. The molecule has 1 N–H and O–H groups in total. The highest BCUT2D eigenvalue weighted by atomic mass is 16.5. The summed E-state index contributed by atoms with van der Waals surface area (Å²) < 4.78 is 6.11. The van der Waals surface area contributed by atoms with Crippen molar-refractivity contribution in [2.24, 2.45) is 17.8 Å². The van der Waals surface area contributed by atoms with E-state index in [4.69, 9.17) is 4.74 Å². The monoisotopic (exact) mass is 239 g/mol. The van der Waals surface area contributed by atoms with Crippen molar-refractivity contribution in [3.05, 3.63) is 0 Å². The molecule has 1 heterocycles. The van der Waals surface area contributed by atoms with Gasteiger partial charge in [-0.15, -0.1) is 0 Å². The van der Waals surface area contributed by atoms with Crippen LogP contribution in [-0.4, -0.2) is 25.8 Å². The second-order valence-corrected chi connectivity index (χ2v) is 6.39. The van der Waals surface area contributed by atoms with Crippen molar-refractivity contribution < 1.29 is 4.74 Å². The molecule has 2 atom stereocenters. The minimum absolute atomic E-state index is 0.551. The Bertz CT molecular complexity index is 203. The summed E-state index contributed by atoms with van der Waals surface area (Å²) in [6.07, 6.45) is 8.50. The first kappa shape index (κ1) is 13.4. The minimum atomic E-state index is 0.551. The van der Waals surface area contributed by atoms with Crippen LogP contribution in [0.1, 0.15) is 52.4 Å². The van der Waals surface area contributed by atoms with Crippen LogP contribution in [0.15, 0.2) is 0 Å². The highest BCUT2D eigenvalue weighted by molar-refractivity contribution is 4.75. The first-order valence-electron chi connectivity index (χ1n) is 7.56. The molecule has 0 radical (unpaired) electrons. The van der Waals surface area contributed by atoms with E-state index in [2.05, 4.69) is 19.2 Å². The lowest BCUT2D eigenvalue weighted by molar-refractivity contribution is -0.00568. The standard InChI is InChI=1S/C15H29NO/c1-12-9-13(2)11-15(10-12)17-8-5-14-3-6-16-7-4-14/h12-16H,3-11H2,1-2H3. The van der Waals surface area contributed by atoms with Crippen molar-refractivity contribution in [2.75, 3.05) is 19.7 Å². The van der Waals surface area contributed by atoms with Gasteiger partial charge >= 0.3 is 0 Å². The van der Waals surface area contributed by atoms with Gasteiger partial charge in [0.25, 0.3) is 0 Å². The molecular formula is C15H29NO. The average molecular weight is 239 g/mol. The summed E-state index contributed by atoms with van der Waals surface area (Å²) in [6.45, 7) is 8.16. The maximum absolute atomic E-state index is 6.11. The molecule has 2 rings (SSSR count). The summed E-state index contributed by atoms with van der Waals surface area (Å²) in [5.41, 5.74) is 0. The number of rotatable bonds is 4. The Balaban J connectivity index is 1.60. The summed E-state index contributed by atoms with van der Waals surface area (Å²) in [5.74, 6) is 2.64. The molecule has 0 aromatic rings. The Morgan fingerprint density at radius 1 is 1.00 bits per heavy atom. The molecule has 2 aliphatic rings. The zero-order valence-electron chi connectivity index (χ0n) is 11.6. The van der Waals surface area contributed by atoms with Crippen LogP contribution >= 0.6 is 0 Å². The fraction of sp³-hybridized carbons (Fsp3) is 1.00. The molecule has 0 aromatic heterocycles. The lowest BCUT2D eigenvalue weighted by Crippen LogP contribution is -2.30. The Kier molecular flexibility index (Phi) is 5.30. The first-order chi connectivity index (χ1) is 8.24. The molecule has 2 unspecified atom stereocenters. The molecule has 1 aliphatic heterocycles. The van der Waals surface area contributed by atoms with Crippen LogP contribution in [0.25, 0.3) is 0 Å². The molecule has 1 saturated heterocycles. The molecule has 0 amide bonds. The molecule has 2 fully saturated rings. The van der Waals surface area contributed by atoms with Crippen LogP contribution in [0, 0.1) is 17.8 Å². The normalized spacial score (nSPS) is 36.0. The summed E-state index contributed by atoms with van der Waals surface area (Å²) in [7, 11) is 0.